The van der Waals surface area contributed by atoms with Crippen LogP contribution in [0.25, 0.3) is 6.08 Å². The molecule has 0 aliphatic rings. The lowest BCUT2D eigenvalue weighted by Crippen LogP contribution is -2.30. The Morgan fingerprint density at radius 3 is 2.76 bits per heavy atom. The second-order valence-electron chi connectivity index (χ2n) is 3.22. The summed E-state index contributed by atoms with van der Waals surface area (Å²) in [5, 5.41) is 1.25. The largest absolute Gasteiger partial charge is 0.286 e. The van der Waals surface area contributed by atoms with Crippen LogP contribution in [0.3, 0.4) is 0 Å². The molecule has 1 radical (unpaired) electrons. The van der Waals surface area contributed by atoms with Gasteiger partial charge < -0.3 is 0 Å². The third-order valence-corrected chi connectivity index (χ3v) is 2.26. The van der Waals surface area contributed by atoms with E-state index in [1.54, 1.807) is 36.6 Å². The standard InChI is InChI=1S/C13H14NO3/c1-3-14(17-2)13(16)12-9-5-4-7-11(12)8-6-10-15/h4-9H,3H2,1-2H3/b8-6+. The van der Waals surface area contributed by atoms with E-state index in [-0.39, 0.29) is 5.91 Å². The summed E-state index contributed by atoms with van der Waals surface area (Å²) in [6, 6.07) is 7.00. The molecule has 17 heavy (non-hydrogen) atoms. The third kappa shape index (κ3) is 3.26. The van der Waals surface area contributed by atoms with Gasteiger partial charge >= 0.3 is 0 Å². The maximum Gasteiger partial charge on any atom is 0.278 e. The summed E-state index contributed by atoms with van der Waals surface area (Å²) in [5.41, 5.74) is 1.15. The van der Waals surface area contributed by atoms with Crippen LogP contribution in [0.2, 0.25) is 0 Å². The van der Waals surface area contributed by atoms with Crippen LogP contribution < -0.4 is 0 Å². The highest BCUT2D eigenvalue weighted by atomic mass is 16.7. The first kappa shape index (κ1) is 13.1. The van der Waals surface area contributed by atoms with Crippen LogP contribution in [-0.2, 0) is 9.63 Å². The van der Waals surface area contributed by atoms with E-state index in [4.69, 9.17) is 4.84 Å². The van der Waals surface area contributed by atoms with Crippen molar-refractivity contribution in [2.45, 2.75) is 6.92 Å². The van der Waals surface area contributed by atoms with E-state index in [2.05, 4.69) is 0 Å². The minimum absolute atomic E-state index is 0.235. The molecule has 1 amide bonds. The number of carbonyl (C=O) groups excluding carboxylic acids is 2. The van der Waals surface area contributed by atoms with Crippen molar-refractivity contribution in [2.24, 2.45) is 0 Å². The van der Waals surface area contributed by atoms with E-state index in [1.165, 1.54) is 18.2 Å². The zero-order valence-corrected chi connectivity index (χ0v) is 9.84. The van der Waals surface area contributed by atoms with Crippen molar-refractivity contribution in [1.29, 1.82) is 0 Å². The number of carbonyl (C=O) groups is 1. The highest BCUT2D eigenvalue weighted by molar-refractivity contribution is 5.97. The smallest absolute Gasteiger partial charge is 0.278 e. The highest BCUT2D eigenvalue weighted by Crippen LogP contribution is 2.13. The van der Waals surface area contributed by atoms with Gasteiger partial charge in [0.1, 0.15) is 0 Å². The predicted molar refractivity (Wildman–Crippen MR) is 64.9 cm³/mol. The highest BCUT2D eigenvalue weighted by Gasteiger charge is 2.15. The molecule has 1 rings (SSSR count). The molecular weight excluding hydrogens is 218 g/mol. The van der Waals surface area contributed by atoms with Crippen molar-refractivity contribution in [2.75, 3.05) is 13.7 Å². The summed E-state index contributed by atoms with van der Waals surface area (Å²) in [4.78, 5) is 27.2. The summed E-state index contributed by atoms with van der Waals surface area (Å²) >= 11 is 0. The molecule has 1 aromatic rings. The quantitative estimate of drug-likeness (QED) is 0.574. The molecule has 4 heteroatoms. The normalized spacial score (nSPS) is 10.5. The Bertz CT molecular complexity index is 422. The molecule has 4 nitrogen and oxygen atoms in total. The molecular formula is C13H14NO3. The molecule has 0 saturated carbocycles. The van der Waals surface area contributed by atoms with Crippen LogP contribution >= 0.6 is 0 Å². The number of amides is 1. The van der Waals surface area contributed by atoms with Gasteiger partial charge in [0.2, 0.25) is 6.29 Å². The number of hydrogen-bond acceptors (Lipinski definition) is 3. The molecule has 89 valence electrons. The first-order valence-corrected chi connectivity index (χ1v) is 5.23. The number of rotatable bonds is 5. The summed E-state index contributed by atoms with van der Waals surface area (Å²) in [7, 11) is 1.44. The van der Waals surface area contributed by atoms with Crippen molar-refractivity contribution < 1.29 is 14.4 Å². The van der Waals surface area contributed by atoms with Crippen LogP contribution in [0.15, 0.2) is 30.3 Å². The zero-order chi connectivity index (χ0) is 12.7. The first-order valence-electron chi connectivity index (χ1n) is 5.23. The van der Waals surface area contributed by atoms with Crippen LogP contribution in [0.1, 0.15) is 22.8 Å². The predicted octanol–water partition coefficient (Wildman–Crippen LogP) is 1.83. The molecule has 0 aromatic heterocycles. The molecule has 0 N–H and O–H groups in total. The van der Waals surface area contributed by atoms with Crippen molar-refractivity contribution in [3.63, 3.8) is 0 Å². The first-order chi connectivity index (χ1) is 8.24. The third-order valence-electron chi connectivity index (χ3n) is 2.26. The van der Waals surface area contributed by atoms with Crippen LogP contribution in [0.4, 0.5) is 0 Å². The monoisotopic (exact) mass is 232 g/mol. The minimum Gasteiger partial charge on any atom is -0.286 e. The fourth-order valence-corrected chi connectivity index (χ4v) is 1.45. The Balaban J connectivity index is 3.08. The van der Waals surface area contributed by atoms with E-state index < -0.39 is 0 Å². The van der Waals surface area contributed by atoms with Crippen LogP contribution in [0, 0.1) is 0 Å². The summed E-state index contributed by atoms with van der Waals surface area (Å²) < 4.78 is 0. The Labute approximate surface area is 100 Å². The topological polar surface area (TPSA) is 46.6 Å². The maximum absolute atomic E-state index is 12.1. The second kappa shape index (κ2) is 6.60. The Kier molecular flexibility index (Phi) is 5.10. The van der Waals surface area contributed by atoms with Gasteiger partial charge in [-0.05, 0) is 24.6 Å². The van der Waals surface area contributed by atoms with Crippen LogP contribution in [0.5, 0.6) is 0 Å². The molecule has 0 saturated heterocycles. The van der Waals surface area contributed by atoms with Gasteiger partial charge in [-0.2, -0.15) is 0 Å². The Morgan fingerprint density at radius 1 is 1.47 bits per heavy atom. The molecule has 0 fully saturated rings. The molecule has 1 aromatic carbocycles. The van der Waals surface area contributed by atoms with Crippen molar-refractivity contribution >= 4 is 18.3 Å². The van der Waals surface area contributed by atoms with E-state index in [0.29, 0.717) is 17.7 Å². The number of allylic oxidation sites excluding steroid dienone is 1. The average molecular weight is 232 g/mol. The number of hydrogen-bond donors (Lipinski definition) is 0. The van der Waals surface area contributed by atoms with E-state index >= 15 is 0 Å². The van der Waals surface area contributed by atoms with E-state index in [9.17, 15) is 9.59 Å². The number of benzene rings is 1. The van der Waals surface area contributed by atoms with Crippen LogP contribution in [-0.4, -0.2) is 30.9 Å². The summed E-state index contributed by atoms with van der Waals surface area (Å²) in [6.45, 7) is 2.27. The second-order valence-corrected chi connectivity index (χ2v) is 3.22. The van der Waals surface area contributed by atoms with Gasteiger partial charge in [0, 0.05) is 12.1 Å². The molecule has 0 heterocycles. The molecule has 0 atom stereocenters. The van der Waals surface area contributed by atoms with Crippen molar-refractivity contribution in [1.82, 2.24) is 5.06 Å². The van der Waals surface area contributed by atoms with Gasteiger partial charge in [-0.1, -0.05) is 24.3 Å². The van der Waals surface area contributed by atoms with E-state index in [1.807, 2.05) is 6.92 Å². The molecule has 0 aliphatic heterocycles. The van der Waals surface area contributed by atoms with E-state index in [0.717, 1.165) is 0 Å². The van der Waals surface area contributed by atoms with Gasteiger partial charge in [-0.25, -0.2) is 5.06 Å². The lowest BCUT2D eigenvalue weighted by Gasteiger charge is -2.18. The molecule has 0 bridgehead atoms. The number of hydroxylamine groups is 2. The summed E-state index contributed by atoms with van der Waals surface area (Å²) in [6.07, 6.45) is 4.43. The van der Waals surface area contributed by atoms with Crippen molar-refractivity contribution in [3.8, 4) is 0 Å². The minimum atomic E-state index is -0.235. The SMILES string of the molecule is CCN(OC)C(=O)c1ccccc1/C=C/[C]=O. The lowest BCUT2D eigenvalue weighted by molar-refractivity contribution is -0.0915. The zero-order valence-electron chi connectivity index (χ0n) is 9.84. The van der Waals surface area contributed by atoms with Gasteiger partial charge in [0.25, 0.3) is 5.91 Å². The molecule has 0 aliphatic carbocycles. The fraction of sp³-hybridized carbons (Fsp3) is 0.231. The van der Waals surface area contributed by atoms with Gasteiger partial charge in [-0.3, -0.25) is 14.4 Å². The summed E-state index contributed by atoms with van der Waals surface area (Å²) in [5.74, 6) is -0.235. The van der Waals surface area contributed by atoms with Gasteiger partial charge in [-0.15, -0.1) is 0 Å². The maximum atomic E-state index is 12.1. The average Bonchev–Trinajstić information content (AvgIpc) is 2.38. The Morgan fingerprint density at radius 2 is 2.18 bits per heavy atom. The lowest BCUT2D eigenvalue weighted by atomic mass is 10.1. The van der Waals surface area contributed by atoms with Gasteiger partial charge in [0.15, 0.2) is 0 Å². The fourth-order valence-electron chi connectivity index (χ4n) is 1.45. The molecule has 0 unspecified atom stereocenters. The van der Waals surface area contributed by atoms with Gasteiger partial charge in [0.05, 0.1) is 7.11 Å². The molecule has 0 spiro atoms. The Hall–Kier alpha value is -1.94. The van der Waals surface area contributed by atoms with Crippen molar-refractivity contribution in [3.05, 3.63) is 41.5 Å². The number of nitrogens with zero attached hydrogens (tertiary/aromatic N) is 1.